The van der Waals surface area contributed by atoms with Gasteiger partial charge in [-0.3, -0.25) is 14.0 Å². The van der Waals surface area contributed by atoms with E-state index in [1.54, 1.807) is 12.4 Å². The first-order valence-corrected chi connectivity index (χ1v) is 3.21. The molecule has 4 heteroatoms. The van der Waals surface area contributed by atoms with Crippen LogP contribution >= 0.6 is 0 Å². The van der Waals surface area contributed by atoms with E-state index in [9.17, 15) is 0 Å². The fourth-order valence-electron chi connectivity index (χ4n) is 0.313. The lowest BCUT2D eigenvalue weighted by Gasteiger charge is -1.70. The smallest absolute Gasteiger partial charge is 0.0267 e. The molecule has 0 aliphatic carbocycles. The van der Waals surface area contributed by atoms with Gasteiger partial charge in [-0.25, -0.2) is 0 Å². The lowest BCUT2D eigenvalue weighted by molar-refractivity contribution is 0.697. The van der Waals surface area contributed by atoms with Gasteiger partial charge in [0.2, 0.25) is 0 Å². The summed E-state index contributed by atoms with van der Waals surface area (Å²) in [4.78, 5) is 3.78. The molecule has 0 fully saturated rings. The van der Waals surface area contributed by atoms with E-state index in [0.717, 1.165) is 0 Å². The standard InChI is InChI=1S/C5H5N.H3NOS/c1-2-4-6-5-3-1;1-3-2/h1-5H;1H,3H2. The van der Waals surface area contributed by atoms with Crippen molar-refractivity contribution in [3.63, 3.8) is 0 Å². The SMILES string of the molecule is N=[SH2]=O.c1ccncc1. The molecule has 9 heavy (non-hydrogen) atoms. The zero-order valence-corrected chi connectivity index (χ0v) is 5.74. The topological polar surface area (TPSA) is 53.8 Å². The van der Waals surface area contributed by atoms with Crippen molar-refractivity contribution in [1.82, 2.24) is 4.98 Å². The second-order valence-corrected chi connectivity index (χ2v) is 1.33. The van der Waals surface area contributed by atoms with E-state index >= 15 is 0 Å². The lowest BCUT2D eigenvalue weighted by atomic mass is 10.5. The molecule has 0 aliphatic rings. The van der Waals surface area contributed by atoms with Crippen LogP contribution in [0.15, 0.2) is 30.6 Å². The molecule has 1 aromatic heterocycles. The van der Waals surface area contributed by atoms with Crippen molar-refractivity contribution in [2.24, 2.45) is 0 Å². The second-order valence-electron chi connectivity index (χ2n) is 1.13. The summed E-state index contributed by atoms with van der Waals surface area (Å²) in [6, 6.07) is 5.72. The maximum Gasteiger partial charge on any atom is 0.0267 e. The van der Waals surface area contributed by atoms with E-state index in [2.05, 4.69) is 4.98 Å². The average Bonchev–Trinajstić information content (AvgIpc) is 1.93. The Hall–Kier alpha value is -0.900. The number of aromatic nitrogens is 1. The lowest BCUT2D eigenvalue weighted by Crippen LogP contribution is -1.58. The number of nitrogens with zero attached hydrogens (tertiary/aromatic N) is 1. The minimum Gasteiger partial charge on any atom is -0.265 e. The van der Waals surface area contributed by atoms with Crippen LogP contribution in [-0.4, -0.2) is 9.19 Å². The molecule has 0 saturated heterocycles. The molecule has 1 aromatic rings. The fourth-order valence-corrected chi connectivity index (χ4v) is 0.313. The highest BCUT2D eigenvalue weighted by Crippen LogP contribution is 1.73. The van der Waals surface area contributed by atoms with Crippen molar-refractivity contribution >= 4 is 11.5 Å². The minimum absolute atomic E-state index is 0.917. The van der Waals surface area contributed by atoms with Crippen molar-refractivity contribution in [3.8, 4) is 0 Å². The van der Waals surface area contributed by atoms with Gasteiger partial charge in [-0.2, -0.15) is 0 Å². The second kappa shape index (κ2) is 7.10. The highest BCUT2D eigenvalue weighted by Gasteiger charge is 1.58. The predicted octanol–water partition coefficient (Wildman–Crippen LogP) is 0.508. The van der Waals surface area contributed by atoms with E-state index in [-0.39, 0.29) is 0 Å². The third kappa shape index (κ3) is 7.10. The first-order chi connectivity index (χ1) is 4.41. The van der Waals surface area contributed by atoms with Gasteiger partial charge in [0.1, 0.15) is 0 Å². The van der Waals surface area contributed by atoms with Gasteiger partial charge in [0, 0.05) is 23.9 Å². The number of pyridine rings is 1. The molecular weight excluding hydrogens is 136 g/mol. The number of rotatable bonds is 0. The summed E-state index contributed by atoms with van der Waals surface area (Å²) in [5, 5.41) is 0. The van der Waals surface area contributed by atoms with Crippen LogP contribution in [0.1, 0.15) is 0 Å². The predicted molar refractivity (Wildman–Crippen MR) is 37.9 cm³/mol. The van der Waals surface area contributed by atoms with Gasteiger partial charge in [-0.15, -0.1) is 0 Å². The molecule has 0 bridgehead atoms. The third-order valence-electron chi connectivity index (χ3n) is 0.566. The quantitative estimate of drug-likeness (QED) is 0.576. The van der Waals surface area contributed by atoms with Gasteiger partial charge in [-0.1, -0.05) is 6.07 Å². The molecule has 50 valence electrons. The molecule has 0 amide bonds. The van der Waals surface area contributed by atoms with E-state index in [0.29, 0.717) is 0 Å². The van der Waals surface area contributed by atoms with Crippen molar-refractivity contribution in [1.29, 1.82) is 4.78 Å². The Kier molecular flexibility index (Phi) is 6.39. The number of hydrogen-bond acceptors (Lipinski definition) is 3. The van der Waals surface area contributed by atoms with Gasteiger partial charge >= 0.3 is 0 Å². The third-order valence-corrected chi connectivity index (χ3v) is 0.566. The van der Waals surface area contributed by atoms with E-state index in [4.69, 9.17) is 8.99 Å². The highest BCUT2D eigenvalue weighted by molar-refractivity contribution is 7.53. The molecule has 3 nitrogen and oxygen atoms in total. The van der Waals surface area contributed by atoms with Crippen LogP contribution in [0.25, 0.3) is 0 Å². The van der Waals surface area contributed by atoms with Crippen LogP contribution in [0, 0.1) is 4.78 Å². The Balaban J connectivity index is 0.000000187. The Labute approximate surface area is 56.8 Å². The van der Waals surface area contributed by atoms with Gasteiger partial charge in [0.15, 0.2) is 0 Å². The molecular formula is C5H8N2OS. The summed E-state index contributed by atoms with van der Waals surface area (Å²) in [6.45, 7) is 0. The van der Waals surface area contributed by atoms with Crippen molar-refractivity contribution in [2.75, 3.05) is 0 Å². The van der Waals surface area contributed by atoms with Crippen LogP contribution < -0.4 is 0 Å². The zero-order chi connectivity index (χ0) is 6.95. The first-order valence-electron chi connectivity index (χ1n) is 2.30. The average molecular weight is 144 g/mol. The summed E-state index contributed by atoms with van der Waals surface area (Å²) in [5.41, 5.74) is 0. The van der Waals surface area contributed by atoms with Crippen molar-refractivity contribution < 1.29 is 4.21 Å². The molecule has 1 rings (SSSR count). The van der Waals surface area contributed by atoms with Crippen LogP contribution in [0.2, 0.25) is 0 Å². The maximum atomic E-state index is 8.62. The first kappa shape index (κ1) is 8.10. The maximum absolute atomic E-state index is 8.62. The fraction of sp³-hybridized carbons (Fsp3) is 0. The summed E-state index contributed by atoms with van der Waals surface area (Å²) in [5.74, 6) is 0. The van der Waals surface area contributed by atoms with Gasteiger partial charge in [0.25, 0.3) is 0 Å². The molecule has 1 N–H and O–H groups in total. The van der Waals surface area contributed by atoms with Crippen LogP contribution in [0.3, 0.4) is 0 Å². The number of hydrogen-bond donors (Lipinski definition) is 1. The highest BCUT2D eigenvalue weighted by atomic mass is 32.1. The Morgan fingerprint density at radius 2 is 1.67 bits per heavy atom. The summed E-state index contributed by atoms with van der Waals surface area (Å²) in [7, 11) is 0. The molecule has 0 unspecified atom stereocenters. The van der Waals surface area contributed by atoms with E-state index in [1.165, 1.54) is 0 Å². The van der Waals surface area contributed by atoms with Crippen molar-refractivity contribution in [2.45, 2.75) is 0 Å². The summed E-state index contributed by atoms with van der Waals surface area (Å²) < 4.78 is 14.3. The Bertz CT molecular complexity index is 145. The molecule has 0 aliphatic heterocycles. The molecule has 1 heterocycles. The minimum atomic E-state index is -0.917. The molecule has 0 atom stereocenters. The number of nitrogens with one attached hydrogen (secondary N) is 1. The summed E-state index contributed by atoms with van der Waals surface area (Å²) in [6.07, 6.45) is 3.50. The van der Waals surface area contributed by atoms with Crippen LogP contribution in [-0.2, 0) is 11.5 Å². The van der Waals surface area contributed by atoms with Crippen LogP contribution in [0.5, 0.6) is 0 Å². The normalized spacial score (nSPS) is 8.44. The monoisotopic (exact) mass is 144 g/mol. The molecule has 0 saturated carbocycles. The van der Waals surface area contributed by atoms with E-state index in [1.807, 2.05) is 18.2 Å². The van der Waals surface area contributed by atoms with Crippen LogP contribution in [0.4, 0.5) is 0 Å². The molecule has 0 spiro atoms. The van der Waals surface area contributed by atoms with Gasteiger partial charge in [0.05, 0.1) is 0 Å². The van der Waals surface area contributed by atoms with Gasteiger partial charge in [-0.05, 0) is 12.1 Å². The molecule has 0 aromatic carbocycles. The largest absolute Gasteiger partial charge is 0.265 e. The summed E-state index contributed by atoms with van der Waals surface area (Å²) >= 11 is -0.917. The van der Waals surface area contributed by atoms with Crippen molar-refractivity contribution in [3.05, 3.63) is 30.6 Å². The molecule has 0 radical (unpaired) electrons. The van der Waals surface area contributed by atoms with Gasteiger partial charge < -0.3 is 0 Å². The van der Waals surface area contributed by atoms with E-state index < -0.39 is 11.5 Å². The zero-order valence-electron chi connectivity index (χ0n) is 4.74. The Morgan fingerprint density at radius 3 is 1.78 bits per heavy atom. The Morgan fingerprint density at radius 1 is 1.22 bits per heavy atom.